The average Bonchev–Trinajstić information content (AvgIpc) is 2.70. The number of rotatable bonds is 9. The Kier molecular flexibility index (Phi) is 8.57. The summed E-state index contributed by atoms with van der Waals surface area (Å²) in [5.74, 6) is -0.0477. The summed E-state index contributed by atoms with van der Waals surface area (Å²) in [6.07, 6.45) is 0. The number of likely N-dealkylation sites (N-methyl/N-ethyl adjacent to an activating group) is 2. The molecule has 0 aliphatic rings. The quantitative estimate of drug-likeness (QED) is 0.554. The van der Waals surface area contributed by atoms with E-state index < -0.39 is 0 Å². The number of hydrogen-bond donors (Lipinski definition) is 3. The van der Waals surface area contributed by atoms with Crippen LogP contribution in [0.2, 0.25) is 0 Å². The molecule has 0 saturated heterocycles. The molecule has 3 N–H and O–H groups in total. The molecule has 0 heterocycles. The van der Waals surface area contributed by atoms with Gasteiger partial charge < -0.3 is 25.2 Å². The number of amides is 3. The summed E-state index contributed by atoms with van der Waals surface area (Å²) in [5.41, 5.74) is 3.33. The predicted octanol–water partition coefficient (Wildman–Crippen LogP) is 0.862. The molecule has 2 rings (SSSR count). The van der Waals surface area contributed by atoms with Gasteiger partial charge in [-0.25, -0.2) is 0 Å². The summed E-state index contributed by atoms with van der Waals surface area (Å²) in [6.45, 7) is 4.00. The lowest BCUT2D eigenvalue weighted by atomic mass is 10.1. The smallest absolute Gasteiger partial charge is 0.279 e. The van der Waals surface area contributed by atoms with Crippen molar-refractivity contribution in [1.82, 2.24) is 4.90 Å². The molecule has 0 spiro atoms. The van der Waals surface area contributed by atoms with Crippen molar-refractivity contribution in [3.63, 3.8) is 0 Å². The summed E-state index contributed by atoms with van der Waals surface area (Å²) in [7, 11) is 4.90. The van der Waals surface area contributed by atoms with E-state index in [1.54, 1.807) is 45.5 Å². The number of hydrogen-bond acceptors (Lipinski definition) is 4. The Morgan fingerprint density at radius 2 is 1.61 bits per heavy atom. The lowest BCUT2D eigenvalue weighted by molar-refractivity contribution is -0.862. The maximum Gasteiger partial charge on any atom is 0.279 e. The van der Waals surface area contributed by atoms with E-state index in [0.29, 0.717) is 16.3 Å². The fourth-order valence-electron chi connectivity index (χ4n) is 3.13. The highest BCUT2D eigenvalue weighted by molar-refractivity contribution is 5.96. The van der Waals surface area contributed by atoms with Crippen LogP contribution in [0.4, 0.5) is 11.4 Å². The minimum Gasteiger partial charge on any atom is -0.497 e. The maximum atomic E-state index is 12.5. The van der Waals surface area contributed by atoms with Crippen LogP contribution in [0.25, 0.3) is 0 Å². The molecule has 0 aromatic heterocycles. The molecule has 166 valence electrons. The van der Waals surface area contributed by atoms with E-state index in [4.69, 9.17) is 4.74 Å². The van der Waals surface area contributed by atoms with Crippen LogP contribution in [0.1, 0.15) is 11.1 Å². The number of ether oxygens (including phenoxy) is 1. The third kappa shape index (κ3) is 7.42. The van der Waals surface area contributed by atoms with Gasteiger partial charge in [0.2, 0.25) is 5.91 Å². The van der Waals surface area contributed by atoms with Gasteiger partial charge in [-0.15, -0.1) is 0 Å². The molecule has 3 amide bonds. The second-order valence-electron chi connectivity index (χ2n) is 7.66. The second kappa shape index (κ2) is 11.1. The number of carbonyl (C=O) groups is 3. The van der Waals surface area contributed by atoms with E-state index in [1.165, 1.54) is 4.90 Å². The third-order valence-electron chi connectivity index (χ3n) is 4.82. The van der Waals surface area contributed by atoms with Crippen molar-refractivity contribution in [2.75, 3.05) is 51.5 Å². The van der Waals surface area contributed by atoms with Crippen LogP contribution in [0, 0.1) is 13.8 Å². The zero-order chi connectivity index (χ0) is 23.0. The molecule has 8 heteroatoms. The summed E-state index contributed by atoms with van der Waals surface area (Å²) in [5, 5.41) is 5.66. The largest absolute Gasteiger partial charge is 0.497 e. The van der Waals surface area contributed by atoms with Gasteiger partial charge in [0.25, 0.3) is 11.8 Å². The second-order valence-corrected chi connectivity index (χ2v) is 7.66. The number of benzene rings is 2. The van der Waals surface area contributed by atoms with Crippen LogP contribution in [0.15, 0.2) is 42.5 Å². The Balaban J connectivity index is 1.81. The molecule has 1 unspecified atom stereocenters. The van der Waals surface area contributed by atoms with Gasteiger partial charge >= 0.3 is 0 Å². The highest BCUT2D eigenvalue weighted by Gasteiger charge is 2.20. The molecule has 8 nitrogen and oxygen atoms in total. The normalized spacial score (nSPS) is 11.4. The number of methoxy groups -OCH3 is 1. The standard InChI is InChI=1S/C23H30N4O4/c1-16-8-6-9-17(2)23(16)25-21(29)14-27(4)22(30)15-26(3)13-20(28)24-18-10-7-11-19(12-18)31-5/h6-12H,13-15H2,1-5H3,(H,24,28)(H,25,29)/p+1. The van der Waals surface area contributed by atoms with Gasteiger partial charge in [-0.1, -0.05) is 24.3 Å². The Morgan fingerprint density at radius 3 is 2.26 bits per heavy atom. The van der Waals surface area contributed by atoms with E-state index in [2.05, 4.69) is 10.6 Å². The molecule has 31 heavy (non-hydrogen) atoms. The average molecular weight is 428 g/mol. The highest BCUT2D eigenvalue weighted by Crippen LogP contribution is 2.19. The number of para-hydroxylation sites is 1. The third-order valence-corrected chi connectivity index (χ3v) is 4.82. The lowest BCUT2D eigenvalue weighted by Crippen LogP contribution is -3.11. The number of nitrogens with one attached hydrogen (secondary N) is 3. The van der Waals surface area contributed by atoms with Gasteiger partial charge in [0, 0.05) is 24.5 Å². The van der Waals surface area contributed by atoms with E-state index in [-0.39, 0.29) is 37.4 Å². The molecule has 2 aromatic carbocycles. The molecule has 0 radical (unpaired) electrons. The maximum absolute atomic E-state index is 12.5. The molecular weight excluding hydrogens is 396 g/mol. The Hall–Kier alpha value is -3.39. The van der Waals surface area contributed by atoms with Crippen LogP contribution in [-0.2, 0) is 14.4 Å². The Morgan fingerprint density at radius 1 is 0.968 bits per heavy atom. The van der Waals surface area contributed by atoms with Crippen molar-refractivity contribution < 1.29 is 24.0 Å². The zero-order valence-corrected chi connectivity index (χ0v) is 18.7. The number of anilines is 2. The summed E-state index contributed by atoms with van der Waals surface area (Å²) >= 11 is 0. The van der Waals surface area contributed by atoms with E-state index >= 15 is 0 Å². The minimum atomic E-state index is -0.262. The summed E-state index contributed by atoms with van der Waals surface area (Å²) in [6, 6.07) is 12.8. The highest BCUT2D eigenvalue weighted by atomic mass is 16.5. The number of carbonyl (C=O) groups excluding carboxylic acids is 3. The van der Waals surface area contributed by atoms with Crippen molar-refractivity contribution in [2.24, 2.45) is 0 Å². The Labute approximate surface area is 183 Å². The van der Waals surface area contributed by atoms with Crippen molar-refractivity contribution in [3.8, 4) is 5.75 Å². The van der Waals surface area contributed by atoms with Gasteiger partial charge in [0.1, 0.15) is 5.75 Å². The number of nitrogens with zero attached hydrogens (tertiary/aromatic N) is 1. The lowest BCUT2D eigenvalue weighted by Gasteiger charge is -2.20. The number of quaternary nitrogens is 1. The van der Waals surface area contributed by atoms with E-state index in [1.807, 2.05) is 32.0 Å². The fraction of sp³-hybridized carbons (Fsp3) is 0.348. The molecular formula is C23H31N4O4+. The summed E-state index contributed by atoms with van der Waals surface area (Å²) in [4.78, 5) is 39.2. The predicted molar refractivity (Wildman–Crippen MR) is 120 cm³/mol. The van der Waals surface area contributed by atoms with Crippen LogP contribution in [-0.4, -0.2) is 63.5 Å². The van der Waals surface area contributed by atoms with Gasteiger partial charge in [0.15, 0.2) is 13.1 Å². The minimum absolute atomic E-state index is 0.0596. The fourth-order valence-corrected chi connectivity index (χ4v) is 3.13. The Bertz CT molecular complexity index is 925. The van der Waals surface area contributed by atoms with Crippen LogP contribution in [0.5, 0.6) is 5.75 Å². The monoisotopic (exact) mass is 427 g/mol. The first kappa shape index (κ1) is 23.9. The van der Waals surface area contributed by atoms with Crippen LogP contribution >= 0.6 is 0 Å². The van der Waals surface area contributed by atoms with Gasteiger partial charge in [-0.3, -0.25) is 14.4 Å². The van der Waals surface area contributed by atoms with Crippen molar-refractivity contribution >= 4 is 29.1 Å². The first-order chi connectivity index (χ1) is 14.7. The van der Waals surface area contributed by atoms with Crippen LogP contribution in [0.3, 0.4) is 0 Å². The van der Waals surface area contributed by atoms with Crippen LogP contribution < -0.4 is 20.3 Å². The van der Waals surface area contributed by atoms with Gasteiger partial charge in [0.05, 0.1) is 20.7 Å². The molecule has 0 fully saturated rings. The molecule has 0 aliphatic heterocycles. The molecule has 0 saturated carbocycles. The van der Waals surface area contributed by atoms with E-state index in [9.17, 15) is 14.4 Å². The zero-order valence-electron chi connectivity index (χ0n) is 18.7. The summed E-state index contributed by atoms with van der Waals surface area (Å²) < 4.78 is 5.14. The molecule has 2 aromatic rings. The van der Waals surface area contributed by atoms with Crippen molar-refractivity contribution in [3.05, 3.63) is 53.6 Å². The van der Waals surface area contributed by atoms with Gasteiger partial charge in [-0.05, 0) is 37.1 Å². The van der Waals surface area contributed by atoms with E-state index in [0.717, 1.165) is 16.8 Å². The first-order valence-electron chi connectivity index (χ1n) is 10.0. The first-order valence-corrected chi connectivity index (χ1v) is 10.0. The number of aryl methyl sites for hydroxylation is 2. The topological polar surface area (TPSA) is 92.2 Å². The SMILES string of the molecule is COc1cccc(NC(=O)C[NH+](C)CC(=O)N(C)CC(=O)Nc2c(C)cccc2C)c1. The molecule has 0 aliphatic carbocycles. The van der Waals surface area contributed by atoms with Gasteiger partial charge in [-0.2, -0.15) is 0 Å². The molecule has 1 atom stereocenters. The van der Waals surface area contributed by atoms with Crippen molar-refractivity contribution in [2.45, 2.75) is 13.8 Å². The molecule has 0 bridgehead atoms. The van der Waals surface area contributed by atoms with Crippen molar-refractivity contribution in [1.29, 1.82) is 0 Å².